The third kappa shape index (κ3) is 4.50. The molecule has 3 heteroatoms. The van der Waals surface area contributed by atoms with Gasteiger partial charge in [0.05, 0.1) is 7.11 Å². The summed E-state index contributed by atoms with van der Waals surface area (Å²) in [5.74, 6) is 0.889. The summed E-state index contributed by atoms with van der Waals surface area (Å²) in [4.78, 5) is 2.24. The lowest BCUT2D eigenvalue weighted by molar-refractivity contribution is 0.415. The number of anilines is 1. The molecule has 0 aliphatic heterocycles. The van der Waals surface area contributed by atoms with E-state index in [1.807, 2.05) is 30.3 Å². The molecular weight excluding hydrogens is 260 g/mol. The number of hydrogen-bond donors (Lipinski definition) is 1. The lowest BCUT2D eigenvalue weighted by atomic mass is 10.0. The smallest absolute Gasteiger partial charge is 0.120 e. The zero-order chi connectivity index (χ0) is 15.1. The summed E-state index contributed by atoms with van der Waals surface area (Å²) in [5.41, 5.74) is 8.61. The standard InChI is InChI=1S/C18H24N2O/c1-20(16-10-6-11-17(14-16)21-2)13-7-12-18(19)15-8-4-3-5-9-15/h3-6,8-11,14,18H,7,12-13,19H2,1-2H3. The van der Waals surface area contributed by atoms with Crippen molar-refractivity contribution < 1.29 is 4.74 Å². The molecule has 21 heavy (non-hydrogen) atoms. The summed E-state index contributed by atoms with van der Waals surface area (Å²) >= 11 is 0. The van der Waals surface area contributed by atoms with E-state index in [2.05, 4.69) is 36.2 Å². The van der Waals surface area contributed by atoms with Crippen molar-refractivity contribution in [2.45, 2.75) is 18.9 Å². The molecule has 0 radical (unpaired) electrons. The van der Waals surface area contributed by atoms with E-state index < -0.39 is 0 Å². The Kier molecular flexibility index (Phi) is 5.64. The zero-order valence-electron chi connectivity index (χ0n) is 12.8. The fourth-order valence-electron chi connectivity index (χ4n) is 2.39. The Morgan fingerprint density at radius 2 is 1.86 bits per heavy atom. The van der Waals surface area contributed by atoms with Crippen LogP contribution in [0.5, 0.6) is 5.75 Å². The fraction of sp³-hybridized carbons (Fsp3) is 0.333. The van der Waals surface area contributed by atoms with Crippen LogP contribution in [-0.2, 0) is 0 Å². The second kappa shape index (κ2) is 7.70. The maximum Gasteiger partial charge on any atom is 0.120 e. The molecule has 2 rings (SSSR count). The SMILES string of the molecule is COc1cccc(N(C)CCCC(N)c2ccccc2)c1. The first-order valence-electron chi connectivity index (χ1n) is 7.36. The fourth-order valence-corrected chi connectivity index (χ4v) is 2.39. The number of nitrogens with zero attached hydrogens (tertiary/aromatic N) is 1. The van der Waals surface area contributed by atoms with E-state index in [9.17, 15) is 0 Å². The third-order valence-corrected chi connectivity index (χ3v) is 3.73. The molecule has 0 saturated heterocycles. The lowest BCUT2D eigenvalue weighted by Crippen LogP contribution is -2.20. The van der Waals surface area contributed by atoms with E-state index in [1.165, 1.54) is 11.3 Å². The van der Waals surface area contributed by atoms with Crippen LogP contribution in [0, 0.1) is 0 Å². The zero-order valence-corrected chi connectivity index (χ0v) is 12.8. The van der Waals surface area contributed by atoms with Crippen LogP contribution in [0.1, 0.15) is 24.4 Å². The molecule has 3 nitrogen and oxygen atoms in total. The average molecular weight is 284 g/mol. The van der Waals surface area contributed by atoms with Crippen molar-refractivity contribution in [3.8, 4) is 5.75 Å². The summed E-state index contributed by atoms with van der Waals surface area (Å²) in [7, 11) is 3.79. The van der Waals surface area contributed by atoms with Crippen molar-refractivity contribution in [2.75, 3.05) is 25.6 Å². The predicted octanol–water partition coefficient (Wildman–Crippen LogP) is 3.61. The van der Waals surface area contributed by atoms with Gasteiger partial charge in [-0.25, -0.2) is 0 Å². The molecule has 0 saturated carbocycles. The van der Waals surface area contributed by atoms with Crippen LogP contribution < -0.4 is 15.4 Å². The molecule has 112 valence electrons. The predicted molar refractivity (Wildman–Crippen MR) is 88.9 cm³/mol. The highest BCUT2D eigenvalue weighted by Crippen LogP contribution is 2.21. The molecule has 0 aliphatic carbocycles. The first-order chi connectivity index (χ1) is 10.2. The second-order valence-corrected chi connectivity index (χ2v) is 5.28. The summed E-state index contributed by atoms with van der Waals surface area (Å²) in [6, 6.07) is 18.5. The van der Waals surface area contributed by atoms with Gasteiger partial charge in [-0.05, 0) is 30.5 Å². The van der Waals surface area contributed by atoms with Crippen molar-refractivity contribution in [1.82, 2.24) is 0 Å². The number of hydrogen-bond acceptors (Lipinski definition) is 3. The topological polar surface area (TPSA) is 38.5 Å². The summed E-state index contributed by atoms with van der Waals surface area (Å²) in [5, 5.41) is 0. The quantitative estimate of drug-likeness (QED) is 0.844. The van der Waals surface area contributed by atoms with Gasteiger partial charge in [-0.15, -0.1) is 0 Å². The van der Waals surface area contributed by atoms with Crippen molar-refractivity contribution in [2.24, 2.45) is 5.73 Å². The van der Waals surface area contributed by atoms with Gasteiger partial charge in [0.1, 0.15) is 5.75 Å². The monoisotopic (exact) mass is 284 g/mol. The number of rotatable bonds is 7. The maximum atomic E-state index is 6.23. The Bertz CT molecular complexity index is 542. The minimum atomic E-state index is 0.116. The number of methoxy groups -OCH3 is 1. The van der Waals surface area contributed by atoms with Gasteiger partial charge in [0, 0.05) is 31.4 Å². The van der Waals surface area contributed by atoms with Gasteiger partial charge in [0.15, 0.2) is 0 Å². The Labute approximate surface area is 127 Å². The summed E-state index contributed by atoms with van der Waals surface area (Å²) in [6.45, 7) is 0.980. The van der Waals surface area contributed by atoms with Crippen LogP contribution in [0.2, 0.25) is 0 Å². The van der Waals surface area contributed by atoms with E-state index in [4.69, 9.17) is 10.5 Å². The van der Waals surface area contributed by atoms with Crippen LogP contribution in [-0.4, -0.2) is 20.7 Å². The number of ether oxygens (including phenoxy) is 1. The summed E-state index contributed by atoms with van der Waals surface area (Å²) in [6.07, 6.45) is 2.04. The first kappa shape index (κ1) is 15.4. The van der Waals surface area contributed by atoms with Gasteiger partial charge in [-0.3, -0.25) is 0 Å². The van der Waals surface area contributed by atoms with Crippen molar-refractivity contribution in [3.05, 3.63) is 60.2 Å². The molecule has 0 amide bonds. The van der Waals surface area contributed by atoms with E-state index in [-0.39, 0.29) is 6.04 Å². The molecule has 0 heterocycles. The van der Waals surface area contributed by atoms with Crippen LogP contribution in [0.3, 0.4) is 0 Å². The molecule has 0 aromatic heterocycles. The van der Waals surface area contributed by atoms with Crippen molar-refractivity contribution in [1.29, 1.82) is 0 Å². The van der Waals surface area contributed by atoms with Crippen LogP contribution >= 0.6 is 0 Å². The number of benzene rings is 2. The molecule has 0 aliphatic rings. The average Bonchev–Trinajstić information content (AvgIpc) is 2.55. The van der Waals surface area contributed by atoms with E-state index in [0.717, 1.165) is 25.1 Å². The minimum Gasteiger partial charge on any atom is -0.497 e. The highest BCUT2D eigenvalue weighted by Gasteiger charge is 2.07. The van der Waals surface area contributed by atoms with E-state index in [0.29, 0.717) is 0 Å². The van der Waals surface area contributed by atoms with E-state index >= 15 is 0 Å². The minimum absolute atomic E-state index is 0.116. The van der Waals surface area contributed by atoms with Gasteiger partial charge in [0.25, 0.3) is 0 Å². The van der Waals surface area contributed by atoms with Gasteiger partial charge in [0.2, 0.25) is 0 Å². The third-order valence-electron chi connectivity index (χ3n) is 3.73. The molecule has 1 atom stereocenters. The second-order valence-electron chi connectivity index (χ2n) is 5.28. The molecule has 1 unspecified atom stereocenters. The molecule has 2 aromatic rings. The molecule has 2 N–H and O–H groups in total. The van der Waals surface area contributed by atoms with Crippen LogP contribution in [0.15, 0.2) is 54.6 Å². The van der Waals surface area contributed by atoms with Gasteiger partial charge < -0.3 is 15.4 Å². The Morgan fingerprint density at radius 1 is 1.10 bits per heavy atom. The van der Waals surface area contributed by atoms with E-state index in [1.54, 1.807) is 7.11 Å². The Balaban J connectivity index is 1.82. The Morgan fingerprint density at radius 3 is 2.57 bits per heavy atom. The molecular formula is C18H24N2O. The van der Waals surface area contributed by atoms with Crippen LogP contribution in [0.4, 0.5) is 5.69 Å². The lowest BCUT2D eigenvalue weighted by Gasteiger charge is -2.21. The highest BCUT2D eigenvalue weighted by atomic mass is 16.5. The van der Waals surface area contributed by atoms with Crippen LogP contribution in [0.25, 0.3) is 0 Å². The highest BCUT2D eigenvalue weighted by molar-refractivity contribution is 5.49. The van der Waals surface area contributed by atoms with Crippen molar-refractivity contribution in [3.63, 3.8) is 0 Å². The van der Waals surface area contributed by atoms with Gasteiger partial charge >= 0.3 is 0 Å². The Hall–Kier alpha value is -2.00. The van der Waals surface area contributed by atoms with Crippen molar-refractivity contribution >= 4 is 5.69 Å². The maximum absolute atomic E-state index is 6.23. The molecule has 0 fully saturated rings. The number of nitrogens with two attached hydrogens (primary N) is 1. The van der Waals surface area contributed by atoms with Gasteiger partial charge in [-0.2, -0.15) is 0 Å². The van der Waals surface area contributed by atoms with Gasteiger partial charge in [-0.1, -0.05) is 36.4 Å². The largest absolute Gasteiger partial charge is 0.497 e. The normalized spacial score (nSPS) is 12.0. The molecule has 2 aromatic carbocycles. The first-order valence-corrected chi connectivity index (χ1v) is 7.36. The summed E-state index contributed by atoms with van der Waals surface area (Å²) < 4.78 is 5.26. The molecule has 0 spiro atoms. The molecule has 0 bridgehead atoms.